The molecule has 1 rings (SSSR count). The molecule has 1 fully saturated rings. The number of carbonyl (C=O) groups is 2. The standard InChI is InChI=1S/C23H42O4Si/c1-7-28(8-2,9-3)27-22-17-21(24)19(20(22)16-18(4)5)14-12-10-11-13-15-23(25)26-6/h19-20,22H,4,7-17H2,1-3,5-6H3/t19-,20-,22-/m0/s1. The lowest BCUT2D eigenvalue weighted by atomic mass is 9.85. The van der Waals surface area contributed by atoms with E-state index in [1.807, 2.05) is 0 Å². The number of carbonyl (C=O) groups excluding carboxylic acids is 2. The van der Waals surface area contributed by atoms with Crippen LogP contribution in [0.3, 0.4) is 0 Å². The molecule has 0 saturated heterocycles. The van der Waals surface area contributed by atoms with Crippen LogP contribution in [0.1, 0.15) is 79.1 Å². The fourth-order valence-electron chi connectivity index (χ4n) is 4.59. The van der Waals surface area contributed by atoms with Gasteiger partial charge in [-0.15, -0.1) is 6.58 Å². The van der Waals surface area contributed by atoms with Crippen LogP contribution in [-0.4, -0.2) is 33.3 Å². The fourth-order valence-corrected chi connectivity index (χ4v) is 7.49. The smallest absolute Gasteiger partial charge is 0.305 e. The van der Waals surface area contributed by atoms with Crippen LogP contribution in [-0.2, 0) is 18.8 Å². The van der Waals surface area contributed by atoms with Gasteiger partial charge in [0, 0.05) is 18.8 Å². The molecule has 3 atom stereocenters. The predicted octanol–water partition coefficient (Wildman–Crippen LogP) is 6.06. The van der Waals surface area contributed by atoms with Crippen LogP contribution in [0.4, 0.5) is 0 Å². The Kier molecular flexibility index (Phi) is 11.3. The molecule has 0 aromatic carbocycles. The van der Waals surface area contributed by atoms with Gasteiger partial charge in [-0.25, -0.2) is 0 Å². The van der Waals surface area contributed by atoms with Crippen LogP contribution in [0.5, 0.6) is 0 Å². The van der Waals surface area contributed by atoms with E-state index in [4.69, 9.17) is 4.43 Å². The van der Waals surface area contributed by atoms with Crippen molar-refractivity contribution in [1.82, 2.24) is 0 Å². The van der Waals surface area contributed by atoms with Gasteiger partial charge in [-0.1, -0.05) is 45.6 Å². The van der Waals surface area contributed by atoms with Gasteiger partial charge in [-0.3, -0.25) is 9.59 Å². The van der Waals surface area contributed by atoms with Gasteiger partial charge in [0.15, 0.2) is 8.32 Å². The molecule has 162 valence electrons. The second-order valence-electron chi connectivity index (χ2n) is 8.53. The fraction of sp³-hybridized carbons (Fsp3) is 0.826. The van der Waals surface area contributed by atoms with Gasteiger partial charge in [0.1, 0.15) is 5.78 Å². The highest BCUT2D eigenvalue weighted by Gasteiger charge is 2.45. The minimum absolute atomic E-state index is 0.0834. The molecule has 0 spiro atoms. The Labute approximate surface area is 173 Å². The quantitative estimate of drug-likeness (QED) is 0.151. The molecular formula is C23H42O4Si. The lowest BCUT2D eigenvalue weighted by Gasteiger charge is -2.35. The van der Waals surface area contributed by atoms with Crippen molar-refractivity contribution in [3.8, 4) is 0 Å². The summed E-state index contributed by atoms with van der Waals surface area (Å²) in [5.41, 5.74) is 1.15. The minimum atomic E-state index is -1.72. The van der Waals surface area contributed by atoms with Gasteiger partial charge in [0.2, 0.25) is 0 Å². The van der Waals surface area contributed by atoms with E-state index in [2.05, 4.69) is 39.0 Å². The predicted molar refractivity (Wildman–Crippen MR) is 118 cm³/mol. The molecule has 1 saturated carbocycles. The monoisotopic (exact) mass is 410 g/mol. The molecular weight excluding hydrogens is 368 g/mol. The van der Waals surface area contributed by atoms with E-state index in [0.29, 0.717) is 18.6 Å². The molecule has 0 radical (unpaired) electrons. The number of Topliss-reactive ketones (excluding diaryl/α,β-unsaturated/α-hetero) is 1. The van der Waals surface area contributed by atoms with Gasteiger partial charge in [0.05, 0.1) is 13.2 Å². The topological polar surface area (TPSA) is 52.6 Å². The zero-order chi connectivity index (χ0) is 21.2. The number of ether oxygens (including phenoxy) is 1. The molecule has 5 heteroatoms. The Morgan fingerprint density at radius 2 is 1.71 bits per heavy atom. The summed E-state index contributed by atoms with van der Waals surface area (Å²) in [4.78, 5) is 24.0. The molecule has 1 aliphatic rings. The van der Waals surface area contributed by atoms with E-state index < -0.39 is 8.32 Å². The highest BCUT2D eigenvalue weighted by molar-refractivity contribution is 6.73. The van der Waals surface area contributed by atoms with Crippen molar-refractivity contribution in [2.24, 2.45) is 11.8 Å². The lowest BCUT2D eigenvalue weighted by molar-refractivity contribution is -0.140. The number of rotatable bonds is 14. The maximum absolute atomic E-state index is 12.8. The van der Waals surface area contributed by atoms with Crippen molar-refractivity contribution >= 4 is 20.1 Å². The molecule has 0 bridgehead atoms. The highest BCUT2D eigenvalue weighted by Crippen LogP contribution is 2.41. The maximum Gasteiger partial charge on any atom is 0.305 e. The molecule has 0 aromatic heterocycles. The summed E-state index contributed by atoms with van der Waals surface area (Å²) in [6.45, 7) is 12.9. The zero-order valence-corrected chi connectivity index (χ0v) is 19.9. The first-order valence-corrected chi connectivity index (χ1v) is 13.8. The van der Waals surface area contributed by atoms with Crippen LogP contribution >= 0.6 is 0 Å². The number of ketones is 1. The van der Waals surface area contributed by atoms with Crippen LogP contribution in [0.25, 0.3) is 0 Å². The summed E-state index contributed by atoms with van der Waals surface area (Å²) in [5, 5.41) is 0. The Morgan fingerprint density at radius 3 is 2.25 bits per heavy atom. The maximum atomic E-state index is 12.8. The first-order chi connectivity index (χ1) is 13.3. The third-order valence-corrected chi connectivity index (χ3v) is 11.3. The Hall–Kier alpha value is -0.943. The molecule has 0 aromatic rings. The van der Waals surface area contributed by atoms with E-state index in [1.54, 1.807) is 0 Å². The summed E-state index contributed by atoms with van der Waals surface area (Å²) >= 11 is 0. The van der Waals surface area contributed by atoms with Gasteiger partial charge >= 0.3 is 5.97 Å². The van der Waals surface area contributed by atoms with Crippen molar-refractivity contribution in [3.63, 3.8) is 0 Å². The van der Waals surface area contributed by atoms with E-state index in [-0.39, 0.29) is 23.9 Å². The molecule has 0 aliphatic heterocycles. The molecule has 1 aliphatic carbocycles. The van der Waals surface area contributed by atoms with Gasteiger partial charge < -0.3 is 9.16 Å². The second-order valence-corrected chi connectivity index (χ2v) is 13.3. The summed E-state index contributed by atoms with van der Waals surface area (Å²) in [6, 6.07) is 3.36. The SMILES string of the molecule is C=C(C)C[C@@H]1[C@@H](O[Si](CC)(CC)CC)CC(=O)[C@H]1CCCCCCC(=O)OC. The third kappa shape index (κ3) is 7.47. The summed E-state index contributed by atoms with van der Waals surface area (Å²) < 4.78 is 11.4. The molecule has 0 amide bonds. The summed E-state index contributed by atoms with van der Waals surface area (Å²) in [7, 11) is -0.292. The van der Waals surface area contributed by atoms with Crippen LogP contribution in [0, 0.1) is 11.8 Å². The van der Waals surface area contributed by atoms with E-state index in [9.17, 15) is 9.59 Å². The van der Waals surface area contributed by atoms with Crippen LogP contribution in [0.2, 0.25) is 18.1 Å². The first kappa shape index (κ1) is 25.1. The summed E-state index contributed by atoms with van der Waals surface area (Å²) in [6.07, 6.45) is 6.96. The number of hydrogen-bond donors (Lipinski definition) is 0. The van der Waals surface area contributed by atoms with Gasteiger partial charge in [-0.2, -0.15) is 0 Å². The Morgan fingerprint density at radius 1 is 1.11 bits per heavy atom. The average Bonchev–Trinajstić information content (AvgIpc) is 2.96. The number of methoxy groups -OCH3 is 1. The average molecular weight is 411 g/mol. The van der Waals surface area contributed by atoms with E-state index in [0.717, 1.165) is 62.2 Å². The largest absolute Gasteiger partial charge is 0.469 e. The van der Waals surface area contributed by atoms with Crippen molar-refractivity contribution < 1.29 is 18.8 Å². The van der Waals surface area contributed by atoms with Crippen molar-refractivity contribution in [3.05, 3.63) is 12.2 Å². The van der Waals surface area contributed by atoms with Crippen molar-refractivity contribution in [2.75, 3.05) is 7.11 Å². The van der Waals surface area contributed by atoms with E-state index >= 15 is 0 Å². The van der Waals surface area contributed by atoms with Crippen molar-refractivity contribution in [2.45, 2.75) is 103 Å². The minimum Gasteiger partial charge on any atom is -0.469 e. The van der Waals surface area contributed by atoms with Gasteiger partial charge in [0.25, 0.3) is 0 Å². The highest BCUT2D eigenvalue weighted by atomic mass is 28.4. The van der Waals surface area contributed by atoms with Crippen LogP contribution < -0.4 is 0 Å². The molecule has 0 heterocycles. The number of unbranched alkanes of at least 4 members (excludes halogenated alkanes) is 3. The number of esters is 1. The number of allylic oxidation sites excluding steroid dienone is 1. The first-order valence-electron chi connectivity index (χ1n) is 11.2. The Balaban J connectivity index is 2.65. The Bertz CT molecular complexity index is 504. The van der Waals surface area contributed by atoms with Crippen molar-refractivity contribution in [1.29, 1.82) is 0 Å². The van der Waals surface area contributed by atoms with Crippen LogP contribution in [0.15, 0.2) is 12.2 Å². The normalized spacial score (nSPS) is 22.5. The lowest BCUT2D eigenvalue weighted by Crippen LogP contribution is -2.41. The molecule has 4 nitrogen and oxygen atoms in total. The third-order valence-electron chi connectivity index (χ3n) is 6.60. The second kappa shape index (κ2) is 12.6. The zero-order valence-electron chi connectivity index (χ0n) is 18.9. The molecule has 0 N–H and O–H groups in total. The molecule has 0 unspecified atom stereocenters. The molecule has 28 heavy (non-hydrogen) atoms. The summed E-state index contributed by atoms with van der Waals surface area (Å²) in [5.74, 6) is 0.649. The van der Waals surface area contributed by atoms with Gasteiger partial charge in [-0.05, 0) is 50.2 Å². The van der Waals surface area contributed by atoms with E-state index in [1.165, 1.54) is 7.11 Å². The number of hydrogen-bond acceptors (Lipinski definition) is 4.